The van der Waals surface area contributed by atoms with Gasteiger partial charge in [-0.1, -0.05) is 24.3 Å². The largest absolute Gasteiger partial charge is 0.344 e. The number of rotatable bonds is 2. The number of likely N-dealkylation sites (N-methyl/N-ethyl adjacent to an activating group) is 1. The van der Waals surface area contributed by atoms with E-state index in [0.717, 1.165) is 35.6 Å². The maximum Gasteiger partial charge on any atom is 0.134 e. The second-order valence-electron chi connectivity index (χ2n) is 7.39. The van der Waals surface area contributed by atoms with Crippen LogP contribution in [0.15, 0.2) is 47.5 Å². The zero-order valence-corrected chi connectivity index (χ0v) is 16.8. The van der Waals surface area contributed by atoms with Gasteiger partial charge in [0.2, 0.25) is 0 Å². The molecule has 0 saturated carbocycles. The van der Waals surface area contributed by atoms with Crippen molar-refractivity contribution in [1.82, 2.24) is 9.47 Å². The van der Waals surface area contributed by atoms with Crippen molar-refractivity contribution in [3.05, 3.63) is 64.0 Å². The van der Waals surface area contributed by atoms with Gasteiger partial charge in [-0.3, -0.25) is 0 Å². The number of benzene rings is 2. The molecule has 0 amide bonds. The molecular weight excluding hydrogens is 364 g/mol. The van der Waals surface area contributed by atoms with Crippen molar-refractivity contribution in [1.29, 1.82) is 5.26 Å². The van der Waals surface area contributed by atoms with Gasteiger partial charge in [-0.2, -0.15) is 5.26 Å². The second kappa shape index (κ2) is 6.59. The van der Waals surface area contributed by atoms with Crippen molar-refractivity contribution < 1.29 is 0 Å². The molecule has 4 nitrogen and oxygen atoms in total. The maximum absolute atomic E-state index is 9.66. The molecule has 0 aliphatic carbocycles. The fraction of sp³-hybridized carbons (Fsp3) is 0.217. The summed E-state index contributed by atoms with van der Waals surface area (Å²) in [6, 6.07) is 17.3. The third-order valence-corrected chi connectivity index (χ3v) is 6.73. The molecule has 0 atom stereocenters. The van der Waals surface area contributed by atoms with Gasteiger partial charge in [0.15, 0.2) is 0 Å². The highest BCUT2D eigenvalue weighted by molar-refractivity contribution is 7.16. The Hall–Kier alpha value is -2.94. The maximum atomic E-state index is 9.66. The van der Waals surface area contributed by atoms with Crippen LogP contribution in [0.25, 0.3) is 21.8 Å². The van der Waals surface area contributed by atoms with Crippen molar-refractivity contribution >= 4 is 44.4 Å². The fourth-order valence-corrected chi connectivity index (χ4v) is 5.34. The molecule has 1 aliphatic rings. The number of thiophene rings is 1. The summed E-state index contributed by atoms with van der Waals surface area (Å²) in [6.45, 7) is 1.91. The minimum Gasteiger partial charge on any atom is -0.344 e. The lowest BCUT2D eigenvalue weighted by Crippen LogP contribution is -2.25. The highest BCUT2D eigenvalue weighted by Gasteiger charge is 2.22. The molecule has 4 aromatic rings. The van der Waals surface area contributed by atoms with E-state index in [1.54, 1.807) is 11.3 Å². The van der Waals surface area contributed by atoms with Gasteiger partial charge in [-0.25, -0.2) is 4.99 Å². The molecule has 3 heterocycles. The van der Waals surface area contributed by atoms with Crippen molar-refractivity contribution in [2.75, 3.05) is 13.6 Å². The third kappa shape index (κ3) is 2.65. The van der Waals surface area contributed by atoms with Crippen molar-refractivity contribution in [2.24, 2.45) is 12.0 Å². The second-order valence-corrected chi connectivity index (χ2v) is 8.48. The van der Waals surface area contributed by atoms with Gasteiger partial charge in [-0.15, -0.1) is 11.3 Å². The zero-order chi connectivity index (χ0) is 19.3. The predicted octanol–water partition coefficient (Wildman–Crippen LogP) is 5.00. The quantitative estimate of drug-likeness (QED) is 0.456. The SMILES string of the molecule is CN1CCc2c(sc(/N=C/c3ccc4c(c3)c3ccccc3n4C)c2C#N)C1. The first kappa shape index (κ1) is 17.2. The molecule has 0 spiro atoms. The standard InChI is InChI=1S/C23H20N4S/c1-26-10-9-17-19(12-24)23(28-22(17)14-26)25-13-15-7-8-21-18(11-15)16-5-3-4-6-20(16)27(21)2/h3-8,11,13H,9-10,14H2,1-2H3/b25-13+. The Balaban J connectivity index is 1.56. The molecule has 2 aromatic carbocycles. The Morgan fingerprint density at radius 2 is 1.93 bits per heavy atom. The van der Waals surface area contributed by atoms with Crippen LogP contribution in [-0.2, 0) is 20.0 Å². The molecule has 28 heavy (non-hydrogen) atoms. The number of hydrogen-bond donors (Lipinski definition) is 0. The minimum atomic E-state index is 0.760. The topological polar surface area (TPSA) is 44.3 Å². The lowest BCUT2D eigenvalue weighted by Gasteiger charge is -2.21. The molecule has 0 N–H and O–H groups in total. The van der Waals surface area contributed by atoms with Crippen LogP contribution in [0, 0.1) is 11.3 Å². The average Bonchev–Trinajstić information content (AvgIpc) is 3.21. The number of nitrogens with zero attached hydrogens (tertiary/aromatic N) is 4. The van der Waals surface area contributed by atoms with Crippen LogP contribution >= 0.6 is 11.3 Å². The average molecular weight is 385 g/mol. The molecule has 1 aliphatic heterocycles. The summed E-state index contributed by atoms with van der Waals surface area (Å²) in [7, 11) is 4.22. The summed E-state index contributed by atoms with van der Waals surface area (Å²) in [4.78, 5) is 8.29. The first-order valence-electron chi connectivity index (χ1n) is 9.40. The van der Waals surface area contributed by atoms with Crippen LogP contribution in [0.5, 0.6) is 0 Å². The molecule has 0 unspecified atom stereocenters. The lowest BCUT2D eigenvalue weighted by atomic mass is 10.0. The Kier molecular flexibility index (Phi) is 4.04. The molecule has 0 radical (unpaired) electrons. The van der Waals surface area contributed by atoms with E-state index in [2.05, 4.69) is 72.1 Å². The highest BCUT2D eigenvalue weighted by atomic mass is 32.1. The van der Waals surface area contributed by atoms with E-state index in [0.29, 0.717) is 0 Å². The smallest absolute Gasteiger partial charge is 0.134 e. The number of fused-ring (bicyclic) bond motifs is 4. The third-order valence-electron chi connectivity index (χ3n) is 5.61. The summed E-state index contributed by atoms with van der Waals surface area (Å²) >= 11 is 1.65. The summed E-state index contributed by atoms with van der Waals surface area (Å²) in [5, 5.41) is 13.0. The van der Waals surface area contributed by atoms with Gasteiger partial charge < -0.3 is 9.47 Å². The monoisotopic (exact) mass is 384 g/mol. The molecule has 0 saturated heterocycles. The van der Waals surface area contributed by atoms with E-state index < -0.39 is 0 Å². The molecule has 0 fully saturated rings. The fourth-order valence-electron chi connectivity index (χ4n) is 4.12. The zero-order valence-electron chi connectivity index (χ0n) is 15.9. The Morgan fingerprint density at radius 1 is 1.11 bits per heavy atom. The van der Waals surface area contributed by atoms with Crippen LogP contribution in [-0.4, -0.2) is 29.3 Å². The van der Waals surface area contributed by atoms with Gasteiger partial charge in [-0.05, 0) is 42.8 Å². The van der Waals surface area contributed by atoms with Crippen LogP contribution in [0.1, 0.15) is 21.6 Å². The molecular formula is C23H20N4S. The van der Waals surface area contributed by atoms with Gasteiger partial charge >= 0.3 is 0 Å². The minimum absolute atomic E-state index is 0.760. The van der Waals surface area contributed by atoms with Crippen molar-refractivity contribution in [3.8, 4) is 6.07 Å². The summed E-state index contributed by atoms with van der Waals surface area (Å²) in [5.74, 6) is 0. The van der Waals surface area contributed by atoms with E-state index in [4.69, 9.17) is 4.99 Å². The van der Waals surface area contributed by atoms with Gasteiger partial charge in [0.05, 0.1) is 5.56 Å². The number of hydrogen-bond acceptors (Lipinski definition) is 4. The number of nitriles is 1. The number of aromatic nitrogens is 1. The van der Waals surface area contributed by atoms with E-state index >= 15 is 0 Å². The summed E-state index contributed by atoms with van der Waals surface area (Å²) in [5.41, 5.74) is 5.45. The van der Waals surface area contributed by atoms with Crippen LogP contribution in [0.3, 0.4) is 0 Å². The predicted molar refractivity (Wildman–Crippen MR) is 117 cm³/mol. The first-order chi connectivity index (χ1) is 13.7. The van der Waals surface area contributed by atoms with Crippen molar-refractivity contribution in [3.63, 3.8) is 0 Å². The lowest BCUT2D eigenvalue weighted by molar-refractivity contribution is 0.317. The summed E-state index contributed by atoms with van der Waals surface area (Å²) < 4.78 is 2.23. The van der Waals surface area contributed by atoms with E-state index in [-0.39, 0.29) is 0 Å². The van der Waals surface area contributed by atoms with E-state index in [1.165, 1.54) is 32.2 Å². The number of para-hydroxylation sites is 1. The molecule has 0 bridgehead atoms. The van der Waals surface area contributed by atoms with Crippen LogP contribution in [0.2, 0.25) is 0 Å². The molecule has 5 rings (SSSR count). The van der Waals surface area contributed by atoms with Crippen LogP contribution in [0.4, 0.5) is 5.00 Å². The highest BCUT2D eigenvalue weighted by Crippen LogP contribution is 2.38. The molecule has 5 heteroatoms. The number of aryl methyl sites for hydroxylation is 1. The van der Waals surface area contributed by atoms with Gasteiger partial charge in [0, 0.05) is 53.0 Å². The molecule has 2 aromatic heterocycles. The van der Waals surface area contributed by atoms with E-state index in [1.807, 2.05) is 6.21 Å². The van der Waals surface area contributed by atoms with Crippen LogP contribution < -0.4 is 0 Å². The normalized spacial score (nSPS) is 14.8. The molecule has 138 valence electrons. The first-order valence-corrected chi connectivity index (χ1v) is 10.2. The summed E-state index contributed by atoms with van der Waals surface area (Å²) in [6.07, 6.45) is 2.83. The van der Waals surface area contributed by atoms with Gasteiger partial charge in [0.25, 0.3) is 0 Å². The Bertz CT molecular complexity index is 1290. The van der Waals surface area contributed by atoms with Gasteiger partial charge in [0.1, 0.15) is 11.1 Å². The van der Waals surface area contributed by atoms with Crippen molar-refractivity contribution in [2.45, 2.75) is 13.0 Å². The van der Waals surface area contributed by atoms with E-state index in [9.17, 15) is 5.26 Å². The number of aliphatic imine (C=N–C) groups is 1. The Morgan fingerprint density at radius 3 is 2.79 bits per heavy atom. The Labute approximate surface area is 168 Å².